The van der Waals surface area contributed by atoms with Crippen molar-refractivity contribution in [3.8, 4) is 0 Å². The normalized spacial score (nSPS) is 27.8. The van der Waals surface area contributed by atoms with Crippen LogP contribution in [0, 0.1) is 11.8 Å². The number of aldehydes is 1. The summed E-state index contributed by atoms with van der Waals surface area (Å²) in [6.07, 6.45) is 5.65. The van der Waals surface area contributed by atoms with E-state index in [-0.39, 0.29) is 5.92 Å². The second kappa shape index (κ2) is 3.00. The standard InChI is InChI=1S/C9H14O/c1-7-3-4-9(5-7)8(2)6-10/h5-6,8-9H,3-4H2,1-2H3/t8?,9-/m0/s1. The lowest BCUT2D eigenvalue weighted by Gasteiger charge is -2.08. The van der Waals surface area contributed by atoms with Gasteiger partial charge in [-0.2, -0.15) is 0 Å². The monoisotopic (exact) mass is 138 g/mol. The Morgan fingerprint density at radius 2 is 2.50 bits per heavy atom. The van der Waals surface area contributed by atoms with Gasteiger partial charge in [0.15, 0.2) is 0 Å². The summed E-state index contributed by atoms with van der Waals surface area (Å²) in [6, 6.07) is 0. The molecule has 1 rings (SSSR count). The molecule has 0 heterocycles. The van der Waals surface area contributed by atoms with Crippen LogP contribution in [0.4, 0.5) is 0 Å². The van der Waals surface area contributed by atoms with E-state index < -0.39 is 0 Å². The summed E-state index contributed by atoms with van der Waals surface area (Å²) in [4.78, 5) is 10.4. The first-order chi connectivity index (χ1) is 4.74. The maximum atomic E-state index is 10.4. The summed E-state index contributed by atoms with van der Waals surface area (Å²) in [7, 11) is 0. The van der Waals surface area contributed by atoms with Gasteiger partial charge in [-0.15, -0.1) is 0 Å². The van der Waals surface area contributed by atoms with Crippen LogP contribution in [0.5, 0.6) is 0 Å². The smallest absolute Gasteiger partial charge is 0.123 e. The van der Waals surface area contributed by atoms with Crippen molar-refractivity contribution in [1.29, 1.82) is 0 Å². The Kier molecular flexibility index (Phi) is 2.25. The van der Waals surface area contributed by atoms with Crippen LogP contribution >= 0.6 is 0 Å². The second-order valence-corrected chi connectivity index (χ2v) is 3.21. The third-order valence-electron chi connectivity index (χ3n) is 2.26. The molecule has 1 nitrogen and oxygen atoms in total. The van der Waals surface area contributed by atoms with Crippen molar-refractivity contribution in [2.75, 3.05) is 0 Å². The van der Waals surface area contributed by atoms with Crippen molar-refractivity contribution in [3.63, 3.8) is 0 Å². The summed E-state index contributed by atoms with van der Waals surface area (Å²) in [5, 5.41) is 0. The molecule has 0 aromatic heterocycles. The van der Waals surface area contributed by atoms with Crippen molar-refractivity contribution in [3.05, 3.63) is 11.6 Å². The molecule has 10 heavy (non-hydrogen) atoms. The molecule has 1 aliphatic carbocycles. The Morgan fingerprint density at radius 3 is 2.90 bits per heavy atom. The van der Waals surface area contributed by atoms with Gasteiger partial charge in [-0.05, 0) is 25.7 Å². The molecule has 0 saturated carbocycles. The Morgan fingerprint density at radius 1 is 1.80 bits per heavy atom. The summed E-state index contributed by atoms with van der Waals surface area (Å²) in [5.74, 6) is 0.745. The Balaban J connectivity index is 2.51. The van der Waals surface area contributed by atoms with E-state index in [2.05, 4.69) is 13.0 Å². The quantitative estimate of drug-likeness (QED) is 0.422. The average molecular weight is 138 g/mol. The predicted octanol–water partition coefficient (Wildman–Crippen LogP) is 2.18. The van der Waals surface area contributed by atoms with E-state index in [1.165, 1.54) is 18.4 Å². The lowest BCUT2D eigenvalue weighted by molar-refractivity contribution is -0.111. The zero-order chi connectivity index (χ0) is 7.56. The summed E-state index contributed by atoms with van der Waals surface area (Å²) in [6.45, 7) is 4.13. The molecule has 0 radical (unpaired) electrons. The number of carbonyl (C=O) groups excluding carboxylic acids is 1. The van der Waals surface area contributed by atoms with Crippen LogP contribution in [0.25, 0.3) is 0 Å². The van der Waals surface area contributed by atoms with Gasteiger partial charge in [0, 0.05) is 5.92 Å². The molecule has 2 atom stereocenters. The number of allylic oxidation sites excluding steroid dienone is 2. The zero-order valence-electron chi connectivity index (χ0n) is 6.63. The second-order valence-electron chi connectivity index (χ2n) is 3.21. The molecule has 1 heteroatoms. The highest BCUT2D eigenvalue weighted by atomic mass is 16.1. The zero-order valence-corrected chi connectivity index (χ0v) is 6.63. The first kappa shape index (κ1) is 7.52. The van der Waals surface area contributed by atoms with E-state index in [1.807, 2.05) is 6.92 Å². The van der Waals surface area contributed by atoms with Crippen LogP contribution in [0.15, 0.2) is 11.6 Å². The summed E-state index contributed by atoms with van der Waals surface area (Å²) >= 11 is 0. The molecule has 0 amide bonds. The molecule has 0 N–H and O–H groups in total. The van der Waals surface area contributed by atoms with E-state index in [1.54, 1.807) is 0 Å². The fourth-order valence-electron chi connectivity index (χ4n) is 1.44. The molecular formula is C9H14O. The molecule has 0 spiro atoms. The van der Waals surface area contributed by atoms with Gasteiger partial charge in [-0.3, -0.25) is 0 Å². The molecular weight excluding hydrogens is 124 g/mol. The van der Waals surface area contributed by atoms with Crippen LogP contribution in [0.2, 0.25) is 0 Å². The van der Waals surface area contributed by atoms with Crippen molar-refractivity contribution < 1.29 is 4.79 Å². The fourth-order valence-corrected chi connectivity index (χ4v) is 1.44. The first-order valence-electron chi connectivity index (χ1n) is 3.86. The molecule has 1 unspecified atom stereocenters. The van der Waals surface area contributed by atoms with Crippen LogP contribution in [-0.2, 0) is 4.79 Å². The molecule has 56 valence electrons. The summed E-state index contributed by atoms with van der Waals surface area (Å²) in [5.41, 5.74) is 1.44. The van der Waals surface area contributed by atoms with Gasteiger partial charge < -0.3 is 4.79 Å². The number of hydrogen-bond donors (Lipinski definition) is 0. The van der Waals surface area contributed by atoms with Crippen LogP contribution in [0.1, 0.15) is 26.7 Å². The molecule has 0 saturated heterocycles. The van der Waals surface area contributed by atoms with Gasteiger partial charge in [-0.1, -0.05) is 18.6 Å². The van der Waals surface area contributed by atoms with E-state index in [0.717, 1.165) is 6.29 Å². The molecule has 0 aromatic rings. The van der Waals surface area contributed by atoms with Gasteiger partial charge >= 0.3 is 0 Å². The SMILES string of the molecule is CC1=C[C@@H](C(C)C=O)CC1. The topological polar surface area (TPSA) is 17.1 Å². The largest absolute Gasteiger partial charge is 0.303 e. The highest BCUT2D eigenvalue weighted by Gasteiger charge is 2.18. The van der Waals surface area contributed by atoms with E-state index >= 15 is 0 Å². The molecule has 1 aliphatic rings. The number of carbonyl (C=O) groups is 1. The molecule has 0 aliphatic heterocycles. The van der Waals surface area contributed by atoms with Crippen molar-refractivity contribution >= 4 is 6.29 Å². The lowest BCUT2D eigenvalue weighted by Crippen LogP contribution is -2.07. The Labute approximate surface area is 62.1 Å². The van der Waals surface area contributed by atoms with Gasteiger partial charge in [0.1, 0.15) is 6.29 Å². The average Bonchev–Trinajstić information content (AvgIpc) is 2.34. The Bertz CT molecular complexity index is 158. The van der Waals surface area contributed by atoms with Gasteiger partial charge in [0.05, 0.1) is 0 Å². The highest BCUT2D eigenvalue weighted by Crippen LogP contribution is 2.28. The van der Waals surface area contributed by atoms with Crippen molar-refractivity contribution in [2.45, 2.75) is 26.7 Å². The third-order valence-corrected chi connectivity index (χ3v) is 2.26. The minimum absolute atomic E-state index is 0.220. The minimum Gasteiger partial charge on any atom is -0.303 e. The highest BCUT2D eigenvalue weighted by molar-refractivity contribution is 5.54. The maximum absolute atomic E-state index is 10.4. The van der Waals surface area contributed by atoms with Crippen LogP contribution in [-0.4, -0.2) is 6.29 Å². The van der Waals surface area contributed by atoms with Crippen molar-refractivity contribution in [1.82, 2.24) is 0 Å². The number of hydrogen-bond acceptors (Lipinski definition) is 1. The van der Waals surface area contributed by atoms with Gasteiger partial charge in [0.25, 0.3) is 0 Å². The molecule has 0 fully saturated rings. The van der Waals surface area contributed by atoms with Crippen LogP contribution < -0.4 is 0 Å². The van der Waals surface area contributed by atoms with Crippen molar-refractivity contribution in [2.24, 2.45) is 11.8 Å². The van der Waals surface area contributed by atoms with E-state index in [9.17, 15) is 4.79 Å². The van der Waals surface area contributed by atoms with Crippen LogP contribution in [0.3, 0.4) is 0 Å². The third kappa shape index (κ3) is 1.47. The number of rotatable bonds is 2. The summed E-state index contributed by atoms with van der Waals surface area (Å²) < 4.78 is 0. The molecule has 0 aromatic carbocycles. The minimum atomic E-state index is 0.220. The fraction of sp³-hybridized carbons (Fsp3) is 0.667. The maximum Gasteiger partial charge on any atom is 0.123 e. The lowest BCUT2D eigenvalue weighted by atomic mass is 9.95. The predicted molar refractivity (Wildman–Crippen MR) is 41.7 cm³/mol. The molecule has 0 bridgehead atoms. The first-order valence-corrected chi connectivity index (χ1v) is 3.86. The van der Waals surface area contributed by atoms with Gasteiger partial charge in [-0.25, -0.2) is 0 Å². The Hall–Kier alpha value is -0.590. The van der Waals surface area contributed by atoms with E-state index in [0.29, 0.717) is 5.92 Å². The van der Waals surface area contributed by atoms with Gasteiger partial charge in [0.2, 0.25) is 0 Å². The van der Waals surface area contributed by atoms with E-state index in [4.69, 9.17) is 0 Å².